The first-order chi connectivity index (χ1) is 9.17. The molecule has 3 aromatic rings. The Hall–Kier alpha value is -1.33. The molecule has 3 nitrogen and oxygen atoms in total. The zero-order chi connectivity index (χ0) is 13.4. The fraction of sp³-hybridized carbons (Fsp3) is 0.0714. The molecule has 0 radical (unpaired) electrons. The monoisotopic (exact) mass is 380 g/mol. The van der Waals surface area contributed by atoms with Crippen LogP contribution < -0.4 is 4.74 Å². The molecule has 2 heterocycles. The number of pyridine rings is 1. The van der Waals surface area contributed by atoms with Crippen LogP contribution in [0.1, 0.15) is 0 Å². The molecular formula is C14H10Br2N2O. The first-order valence-electron chi connectivity index (χ1n) is 5.65. The van der Waals surface area contributed by atoms with E-state index in [4.69, 9.17) is 4.74 Å². The molecule has 0 atom stereocenters. The Balaban J connectivity index is 2.11. The predicted octanol–water partition coefficient (Wildman–Crippen LogP) is 4.53. The first-order valence-corrected chi connectivity index (χ1v) is 7.24. The second-order valence-corrected chi connectivity index (χ2v) is 5.86. The number of imidazole rings is 1. The quantitative estimate of drug-likeness (QED) is 0.651. The van der Waals surface area contributed by atoms with Gasteiger partial charge in [-0.25, -0.2) is 4.98 Å². The van der Waals surface area contributed by atoms with Gasteiger partial charge in [-0.1, -0.05) is 0 Å². The van der Waals surface area contributed by atoms with Crippen LogP contribution >= 0.6 is 31.9 Å². The van der Waals surface area contributed by atoms with Crippen molar-refractivity contribution < 1.29 is 4.74 Å². The van der Waals surface area contributed by atoms with Gasteiger partial charge >= 0.3 is 0 Å². The van der Waals surface area contributed by atoms with Crippen molar-refractivity contribution in [2.24, 2.45) is 0 Å². The van der Waals surface area contributed by atoms with Crippen molar-refractivity contribution in [1.29, 1.82) is 0 Å². The van der Waals surface area contributed by atoms with E-state index in [0.717, 1.165) is 31.6 Å². The lowest BCUT2D eigenvalue weighted by atomic mass is 10.2. The zero-order valence-electron chi connectivity index (χ0n) is 10.1. The number of benzene rings is 1. The highest BCUT2D eigenvalue weighted by Crippen LogP contribution is 2.30. The highest BCUT2D eigenvalue weighted by molar-refractivity contribution is 9.10. The molecule has 0 aliphatic rings. The van der Waals surface area contributed by atoms with Gasteiger partial charge in [-0.15, -0.1) is 0 Å². The summed E-state index contributed by atoms with van der Waals surface area (Å²) in [6, 6.07) is 9.90. The number of halogens is 2. The van der Waals surface area contributed by atoms with Gasteiger partial charge in [-0.05, 0) is 62.2 Å². The number of hydrogen-bond donors (Lipinski definition) is 0. The molecule has 0 fully saturated rings. The van der Waals surface area contributed by atoms with Crippen LogP contribution in [0.4, 0.5) is 0 Å². The average molecular weight is 382 g/mol. The van der Waals surface area contributed by atoms with Crippen molar-refractivity contribution in [2.75, 3.05) is 7.11 Å². The molecule has 96 valence electrons. The number of aromatic nitrogens is 2. The van der Waals surface area contributed by atoms with Gasteiger partial charge in [0.15, 0.2) is 0 Å². The van der Waals surface area contributed by atoms with Gasteiger partial charge in [0.2, 0.25) is 0 Å². The lowest BCUT2D eigenvalue weighted by Crippen LogP contribution is -1.85. The van der Waals surface area contributed by atoms with E-state index in [1.54, 1.807) is 7.11 Å². The van der Waals surface area contributed by atoms with Gasteiger partial charge in [0.1, 0.15) is 11.4 Å². The van der Waals surface area contributed by atoms with Crippen LogP contribution in [0.5, 0.6) is 5.75 Å². The molecule has 0 amide bonds. The average Bonchev–Trinajstić information content (AvgIpc) is 2.81. The Morgan fingerprint density at radius 3 is 2.68 bits per heavy atom. The van der Waals surface area contributed by atoms with Crippen LogP contribution in [0, 0.1) is 0 Å². The molecular weight excluding hydrogens is 372 g/mol. The number of fused-ring (bicyclic) bond motifs is 1. The van der Waals surface area contributed by atoms with Gasteiger partial charge < -0.3 is 9.14 Å². The van der Waals surface area contributed by atoms with E-state index < -0.39 is 0 Å². The van der Waals surface area contributed by atoms with E-state index in [1.165, 1.54) is 0 Å². The van der Waals surface area contributed by atoms with Crippen LogP contribution in [0.2, 0.25) is 0 Å². The normalized spacial score (nSPS) is 10.9. The second kappa shape index (κ2) is 4.98. The maximum Gasteiger partial charge on any atom is 0.137 e. The summed E-state index contributed by atoms with van der Waals surface area (Å²) < 4.78 is 9.18. The fourth-order valence-corrected chi connectivity index (χ4v) is 2.82. The topological polar surface area (TPSA) is 26.5 Å². The van der Waals surface area contributed by atoms with Gasteiger partial charge in [0, 0.05) is 22.4 Å². The maximum atomic E-state index is 5.23. The summed E-state index contributed by atoms with van der Waals surface area (Å²) in [5.74, 6) is 0.815. The molecule has 0 saturated carbocycles. The molecule has 0 N–H and O–H groups in total. The Labute approximate surface area is 127 Å². The molecule has 2 aromatic heterocycles. The van der Waals surface area contributed by atoms with E-state index >= 15 is 0 Å². The molecule has 0 unspecified atom stereocenters. The second-order valence-electron chi connectivity index (χ2n) is 4.09. The lowest BCUT2D eigenvalue weighted by Gasteiger charge is -2.04. The minimum atomic E-state index is 0.815. The number of rotatable bonds is 2. The number of nitrogens with zero attached hydrogens (tertiary/aromatic N) is 2. The first kappa shape index (κ1) is 12.7. The Bertz CT molecular complexity index is 752. The van der Waals surface area contributed by atoms with Crippen LogP contribution in [-0.4, -0.2) is 16.5 Å². The van der Waals surface area contributed by atoms with Gasteiger partial charge in [-0.3, -0.25) is 0 Å². The van der Waals surface area contributed by atoms with Crippen molar-refractivity contribution in [3.63, 3.8) is 0 Å². The van der Waals surface area contributed by atoms with Crippen LogP contribution in [-0.2, 0) is 0 Å². The highest BCUT2D eigenvalue weighted by Gasteiger charge is 2.07. The maximum absolute atomic E-state index is 5.23. The van der Waals surface area contributed by atoms with Crippen molar-refractivity contribution in [3.05, 3.63) is 51.7 Å². The third-order valence-corrected chi connectivity index (χ3v) is 3.95. The summed E-state index contributed by atoms with van der Waals surface area (Å²) in [5.41, 5.74) is 2.90. The molecule has 0 bridgehead atoms. The molecule has 19 heavy (non-hydrogen) atoms. The summed E-state index contributed by atoms with van der Waals surface area (Å²) in [6.07, 6.45) is 4.00. The van der Waals surface area contributed by atoms with Crippen molar-refractivity contribution in [3.8, 4) is 17.0 Å². The summed E-state index contributed by atoms with van der Waals surface area (Å²) in [5, 5.41) is 0. The Morgan fingerprint density at radius 2 is 1.95 bits per heavy atom. The van der Waals surface area contributed by atoms with Gasteiger partial charge in [-0.2, -0.15) is 0 Å². The third kappa shape index (κ3) is 2.40. The van der Waals surface area contributed by atoms with E-state index in [2.05, 4.69) is 36.8 Å². The SMILES string of the molecule is COc1ccc(-c2cn3cc(Br)ccc3n2)cc1Br. The zero-order valence-corrected chi connectivity index (χ0v) is 13.3. The molecule has 0 aliphatic heterocycles. The number of hydrogen-bond acceptors (Lipinski definition) is 2. The standard InChI is InChI=1S/C14H10Br2N2O/c1-19-13-4-2-9(6-11(13)16)12-8-18-7-10(15)3-5-14(18)17-12/h2-8H,1H3. The predicted molar refractivity (Wildman–Crippen MR) is 82.6 cm³/mol. The van der Waals surface area contributed by atoms with E-state index in [-0.39, 0.29) is 0 Å². The number of methoxy groups -OCH3 is 1. The molecule has 1 aromatic carbocycles. The van der Waals surface area contributed by atoms with Crippen LogP contribution in [0.3, 0.4) is 0 Å². The smallest absolute Gasteiger partial charge is 0.137 e. The van der Waals surface area contributed by atoms with E-state index in [1.807, 2.05) is 47.1 Å². The van der Waals surface area contributed by atoms with Crippen molar-refractivity contribution in [2.45, 2.75) is 0 Å². The third-order valence-electron chi connectivity index (χ3n) is 2.86. The van der Waals surface area contributed by atoms with Crippen LogP contribution in [0.25, 0.3) is 16.9 Å². The Morgan fingerprint density at radius 1 is 1.11 bits per heavy atom. The van der Waals surface area contributed by atoms with Crippen molar-refractivity contribution >= 4 is 37.5 Å². The summed E-state index contributed by atoms with van der Waals surface area (Å²) >= 11 is 6.95. The fourth-order valence-electron chi connectivity index (χ4n) is 1.93. The molecule has 0 aliphatic carbocycles. The van der Waals surface area contributed by atoms with Crippen LogP contribution in [0.15, 0.2) is 51.7 Å². The van der Waals surface area contributed by atoms with E-state index in [0.29, 0.717) is 0 Å². The molecule has 0 saturated heterocycles. The van der Waals surface area contributed by atoms with Gasteiger partial charge in [0.05, 0.1) is 17.3 Å². The highest BCUT2D eigenvalue weighted by atomic mass is 79.9. The molecule has 0 spiro atoms. The Kier molecular flexibility index (Phi) is 3.33. The summed E-state index contributed by atoms with van der Waals surface area (Å²) in [4.78, 5) is 4.60. The molecule has 3 rings (SSSR count). The largest absolute Gasteiger partial charge is 0.496 e. The number of ether oxygens (including phenoxy) is 1. The minimum Gasteiger partial charge on any atom is -0.496 e. The van der Waals surface area contributed by atoms with Gasteiger partial charge in [0.25, 0.3) is 0 Å². The van der Waals surface area contributed by atoms with Crippen molar-refractivity contribution in [1.82, 2.24) is 9.38 Å². The van der Waals surface area contributed by atoms with E-state index in [9.17, 15) is 0 Å². The summed E-state index contributed by atoms with van der Waals surface area (Å²) in [6.45, 7) is 0. The minimum absolute atomic E-state index is 0.815. The molecule has 5 heteroatoms. The summed E-state index contributed by atoms with van der Waals surface area (Å²) in [7, 11) is 1.65. The lowest BCUT2D eigenvalue weighted by molar-refractivity contribution is 0.412.